The first-order valence-electron chi connectivity index (χ1n) is 6.41. The van der Waals surface area contributed by atoms with E-state index < -0.39 is 23.2 Å². The van der Waals surface area contributed by atoms with Gasteiger partial charge in [-0.2, -0.15) is 0 Å². The van der Waals surface area contributed by atoms with Gasteiger partial charge in [0.25, 0.3) is 0 Å². The molecule has 104 valence electrons. The molecule has 1 saturated carbocycles. The van der Waals surface area contributed by atoms with E-state index >= 15 is 0 Å². The molecule has 6 nitrogen and oxygen atoms in total. The van der Waals surface area contributed by atoms with Gasteiger partial charge < -0.3 is 15.0 Å². The number of nitrogens with zero attached hydrogens (tertiary/aromatic N) is 2. The summed E-state index contributed by atoms with van der Waals surface area (Å²) in [6.45, 7) is 4.98. The van der Waals surface area contributed by atoms with E-state index in [4.69, 9.17) is 5.11 Å². The highest BCUT2D eigenvalue weighted by atomic mass is 16.4. The Morgan fingerprint density at radius 1 is 1.42 bits per heavy atom. The van der Waals surface area contributed by atoms with Gasteiger partial charge in [0.15, 0.2) is 0 Å². The second-order valence-corrected chi connectivity index (χ2v) is 5.56. The molecule has 2 N–H and O–H groups in total. The lowest BCUT2D eigenvalue weighted by atomic mass is 10.1. The maximum absolute atomic E-state index is 11.9. The molecule has 6 heteroatoms. The summed E-state index contributed by atoms with van der Waals surface area (Å²) < 4.78 is 1.94. The third kappa shape index (κ3) is 2.77. The zero-order valence-electron chi connectivity index (χ0n) is 11.2. The summed E-state index contributed by atoms with van der Waals surface area (Å²) in [5.74, 6) is -1.99. The van der Waals surface area contributed by atoms with Crippen molar-refractivity contribution in [3.05, 3.63) is 18.7 Å². The highest BCUT2D eigenvalue weighted by molar-refractivity contribution is 5.91. The molecule has 1 heterocycles. The van der Waals surface area contributed by atoms with Crippen LogP contribution in [0.15, 0.2) is 18.7 Å². The molecule has 0 bridgehead atoms. The summed E-state index contributed by atoms with van der Waals surface area (Å²) in [4.78, 5) is 26.8. The Labute approximate surface area is 111 Å². The molecule has 1 aliphatic rings. The highest BCUT2D eigenvalue weighted by Gasteiger charge is 2.65. The Morgan fingerprint density at radius 2 is 2.16 bits per heavy atom. The number of carbonyl (C=O) groups excluding carboxylic acids is 1. The summed E-state index contributed by atoms with van der Waals surface area (Å²) in [6.07, 6.45) is 6.11. The molecule has 0 saturated heterocycles. The fourth-order valence-electron chi connectivity index (χ4n) is 2.59. The lowest BCUT2D eigenvalue weighted by molar-refractivity contribution is -0.140. The van der Waals surface area contributed by atoms with E-state index in [1.54, 1.807) is 12.5 Å². The normalized spacial score (nSPS) is 23.9. The van der Waals surface area contributed by atoms with E-state index in [1.807, 2.05) is 24.6 Å². The highest BCUT2D eigenvalue weighted by Crippen LogP contribution is 2.58. The first-order valence-corrected chi connectivity index (χ1v) is 6.41. The molecule has 1 aromatic rings. The first kappa shape index (κ1) is 13.6. The van der Waals surface area contributed by atoms with Crippen molar-refractivity contribution < 1.29 is 14.7 Å². The predicted molar refractivity (Wildman–Crippen MR) is 68.3 cm³/mol. The number of amides is 1. The van der Waals surface area contributed by atoms with Crippen LogP contribution in [0.3, 0.4) is 0 Å². The number of carbonyl (C=O) groups is 2. The van der Waals surface area contributed by atoms with E-state index in [-0.39, 0.29) is 5.91 Å². The topological polar surface area (TPSA) is 84.2 Å². The van der Waals surface area contributed by atoms with Gasteiger partial charge in [0.1, 0.15) is 0 Å². The third-order valence-corrected chi connectivity index (χ3v) is 3.83. The molecule has 0 aliphatic heterocycles. The van der Waals surface area contributed by atoms with Gasteiger partial charge in [-0.15, -0.1) is 0 Å². The average Bonchev–Trinajstić information content (AvgIpc) is 2.73. The Bertz CT molecular complexity index is 467. The number of aliphatic carboxylic acids is 1. The van der Waals surface area contributed by atoms with Crippen molar-refractivity contribution in [1.29, 1.82) is 0 Å². The Kier molecular flexibility index (Phi) is 3.59. The number of aromatic nitrogens is 2. The number of hydrogen-bond donors (Lipinski definition) is 2. The predicted octanol–water partition coefficient (Wildman–Crippen LogP) is 0.746. The van der Waals surface area contributed by atoms with Crippen LogP contribution in [0.2, 0.25) is 0 Å². The lowest BCUT2D eigenvalue weighted by Crippen LogP contribution is -2.28. The minimum Gasteiger partial charge on any atom is -0.481 e. The van der Waals surface area contributed by atoms with Crippen LogP contribution < -0.4 is 5.32 Å². The maximum atomic E-state index is 11.9. The number of imidazole rings is 1. The van der Waals surface area contributed by atoms with Crippen molar-refractivity contribution in [2.24, 2.45) is 17.3 Å². The second-order valence-electron chi connectivity index (χ2n) is 5.56. The molecule has 1 amide bonds. The van der Waals surface area contributed by atoms with Crippen molar-refractivity contribution in [1.82, 2.24) is 14.9 Å². The summed E-state index contributed by atoms with van der Waals surface area (Å²) >= 11 is 0. The molecule has 0 radical (unpaired) electrons. The van der Waals surface area contributed by atoms with Gasteiger partial charge in [-0.05, 0) is 11.8 Å². The van der Waals surface area contributed by atoms with Crippen LogP contribution in [0.4, 0.5) is 0 Å². The van der Waals surface area contributed by atoms with Crippen LogP contribution in [0.25, 0.3) is 0 Å². The molecular weight excluding hydrogens is 246 g/mol. The minimum atomic E-state index is -0.886. The molecule has 19 heavy (non-hydrogen) atoms. The van der Waals surface area contributed by atoms with Crippen LogP contribution in [0, 0.1) is 17.3 Å². The van der Waals surface area contributed by atoms with E-state index in [2.05, 4.69) is 10.3 Å². The molecule has 1 aromatic heterocycles. The van der Waals surface area contributed by atoms with Crippen molar-refractivity contribution in [3.8, 4) is 0 Å². The molecule has 2 rings (SSSR count). The monoisotopic (exact) mass is 265 g/mol. The molecule has 1 aliphatic carbocycles. The Hall–Kier alpha value is -1.85. The van der Waals surface area contributed by atoms with Gasteiger partial charge in [0.2, 0.25) is 5.91 Å². The fraction of sp³-hybridized carbons (Fsp3) is 0.615. The zero-order chi connectivity index (χ0) is 14.0. The Balaban J connectivity index is 1.72. The number of carboxylic acids is 1. The number of carboxylic acid groups (broad SMARTS) is 1. The van der Waals surface area contributed by atoms with Crippen molar-refractivity contribution in [2.45, 2.75) is 26.8 Å². The maximum Gasteiger partial charge on any atom is 0.307 e. The number of aryl methyl sites for hydroxylation is 1. The molecular formula is C13H19N3O3. The SMILES string of the molecule is CC1(C)C(C(=O)O)C1C(=O)NCCCn1ccnc1. The van der Waals surface area contributed by atoms with Crippen LogP contribution in [-0.2, 0) is 16.1 Å². The van der Waals surface area contributed by atoms with Gasteiger partial charge in [0, 0.05) is 25.5 Å². The minimum absolute atomic E-state index is 0.150. The van der Waals surface area contributed by atoms with Gasteiger partial charge in [-0.1, -0.05) is 13.8 Å². The van der Waals surface area contributed by atoms with Gasteiger partial charge in [-0.3, -0.25) is 9.59 Å². The molecule has 0 spiro atoms. The van der Waals surface area contributed by atoms with Crippen LogP contribution in [-0.4, -0.2) is 33.1 Å². The summed E-state index contributed by atoms with van der Waals surface area (Å²) in [6, 6.07) is 0. The van der Waals surface area contributed by atoms with E-state index in [9.17, 15) is 9.59 Å². The van der Waals surface area contributed by atoms with E-state index in [0.29, 0.717) is 6.54 Å². The van der Waals surface area contributed by atoms with Gasteiger partial charge in [0.05, 0.1) is 18.2 Å². The van der Waals surface area contributed by atoms with Crippen molar-refractivity contribution in [3.63, 3.8) is 0 Å². The number of rotatable bonds is 6. The summed E-state index contributed by atoms with van der Waals surface area (Å²) in [5.41, 5.74) is -0.430. The summed E-state index contributed by atoms with van der Waals surface area (Å²) in [5, 5.41) is 11.8. The van der Waals surface area contributed by atoms with Crippen LogP contribution >= 0.6 is 0 Å². The average molecular weight is 265 g/mol. The standard InChI is InChI=1S/C13H19N3O3/c1-13(2)9(10(13)12(18)19)11(17)15-4-3-6-16-7-5-14-8-16/h5,7-10H,3-4,6H2,1-2H3,(H,15,17)(H,18,19). The number of hydrogen-bond acceptors (Lipinski definition) is 3. The van der Waals surface area contributed by atoms with Crippen molar-refractivity contribution >= 4 is 11.9 Å². The molecule has 0 aromatic carbocycles. The van der Waals surface area contributed by atoms with Gasteiger partial charge >= 0.3 is 5.97 Å². The van der Waals surface area contributed by atoms with E-state index in [0.717, 1.165) is 13.0 Å². The van der Waals surface area contributed by atoms with Gasteiger partial charge in [-0.25, -0.2) is 4.98 Å². The second kappa shape index (κ2) is 5.03. The molecule has 1 fully saturated rings. The zero-order valence-corrected chi connectivity index (χ0v) is 11.2. The van der Waals surface area contributed by atoms with Crippen LogP contribution in [0.5, 0.6) is 0 Å². The Morgan fingerprint density at radius 3 is 2.68 bits per heavy atom. The fourth-order valence-corrected chi connectivity index (χ4v) is 2.59. The number of nitrogens with one attached hydrogen (secondary N) is 1. The molecule has 2 atom stereocenters. The first-order chi connectivity index (χ1) is 8.94. The quantitative estimate of drug-likeness (QED) is 0.743. The van der Waals surface area contributed by atoms with E-state index in [1.165, 1.54) is 0 Å². The largest absolute Gasteiger partial charge is 0.481 e. The summed E-state index contributed by atoms with van der Waals surface area (Å²) in [7, 11) is 0. The smallest absolute Gasteiger partial charge is 0.307 e. The lowest BCUT2D eigenvalue weighted by Gasteiger charge is -2.06. The van der Waals surface area contributed by atoms with Crippen LogP contribution in [0.1, 0.15) is 20.3 Å². The molecule has 2 unspecified atom stereocenters. The van der Waals surface area contributed by atoms with Crippen molar-refractivity contribution in [2.75, 3.05) is 6.54 Å². The third-order valence-electron chi connectivity index (χ3n) is 3.83.